The number of para-hydroxylation sites is 1. The number of hydrogen-bond donors (Lipinski definition) is 0. The van der Waals surface area contributed by atoms with E-state index in [1.165, 1.54) is 49.4 Å². The Labute approximate surface area is 261 Å². The van der Waals surface area contributed by atoms with E-state index in [9.17, 15) is 0 Å². The lowest BCUT2D eigenvalue weighted by atomic mass is 9.91. The highest BCUT2D eigenvalue weighted by atomic mass is 16.5. The number of pyridine rings is 2. The molecule has 0 N–H and O–H groups in total. The van der Waals surface area contributed by atoms with Crippen molar-refractivity contribution in [2.24, 2.45) is 0 Å². The summed E-state index contributed by atoms with van der Waals surface area (Å²) in [4.78, 5) is 9.74. The van der Waals surface area contributed by atoms with E-state index < -0.39 is 0 Å². The molecule has 8 aromatic rings. The zero-order valence-corrected chi connectivity index (χ0v) is 26.0. The Morgan fingerprint density at radius 1 is 0.644 bits per heavy atom. The van der Waals surface area contributed by atoms with Gasteiger partial charge in [0.05, 0.1) is 16.6 Å². The molecular formula is C40H34N4O. The molecule has 0 saturated carbocycles. The quantitative estimate of drug-likeness (QED) is 0.189. The van der Waals surface area contributed by atoms with Crippen LogP contribution >= 0.6 is 0 Å². The number of aryl methyl sites for hydroxylation is 2. The van der Waals surface area contributed by atoms with Crippen LogP contribution in [0.3, 0.4) is 0 Å². The number of hydrogen-bond acceptors (Lipinski definition) is 3. The van der Waals surface area contributed by atoms with Gasteiger partial charge in [0.1, 0.15) is 23.0 Å². The van der Waals surface area contributed by atoms with Gasteiger partial charge in [0.25, 0.3) is 0 Å². The number of aromatic nitrogens is 4. The van der Waals surface area contributed by atoms with Crippen LogP contribution in [0.25, 0.3) is 54.9 Å². The summed E-state index contributed by atoms with van der Waals surface area (Å²) in [5, 5.41) is 6.01. The monoisotopic (exact) mass is 586 g/mol. The lowest BCUT2D eigenvalue weighted by molar-refractivity contribution is 0.484. The van der Waals surface area contributed by atoms with Crippen LogP contribution in [0.2, 0.25) is 0 Å². The standard InChI is InChI=1S/C40H34N4O/c1-23(2)25-15-16-41-38(19-25)44-36-8-6-5-7-32(36)33-14-12-30(21-37(33)44)45-29-11-13-31-34-18-27(24(3)4)17-26-9-10-28-22-42-40(35(31)20-29)43(28)39(26)34/h5-8,11-24H,9-10H2,1-4H3. The van der Waals surface area contributed by atoms with Gasteiger partial charge in [-0.1, -0.05) is 52.0 Å². The molecule has 0 unspecified atom stereocenters. The zero-order valence-electron chi connectivity index (χ0n) is 26.0. The fourth-order valence-electron chi connectivity index (χ4n) is 7.30. The van der Waals surface area contributed by atoms with E-state index in [0.717, 1.165) is 52.2 Å². The maximum absolute atomic E-state index is 6.64. The minimum atomic E-state index is 0.416. The lowest BCUT2D eigenvalue weighted by Gasteiger charge is -2.21. The molecule has 4 aromatic heterocycles. The molecule has 4 aromatic carbocycles. The molecule has 0 bridgehead atoms. The van der Waals surface area contributed by atoms with Crippen molar-refractivity contribution >= 4 is 49.1 Å². The van der Waals surface area contributed by atoms with Gasteiger partial charge < -0.3 is 4.74 Å². The van der Waals surface area contributed by atoms with Gasteiger partial charge in [0.2, 0.25) is 0 Å². The summed E-state index contributed by atoms with van der Waals surface area (Å²) < 4.78 is 11.3. The predicted octanol–water partition coefficient (Wildman–Crippen LogP) is 10.3. The largest absolute Gasteiger partial charge is 0.457 e. The molecule has 0 fully saturated rings. The Morgan fingerprint density at radius 3 is 2.27 bits per heavy atom. The zero-order chi connectivity index (χ0) is 30.4. The third-order valence-corrected chi connectivity index (χ3v) is 9.66. The van der Waals surface area contributed by atoms with Crippen LogP contribution in [-0.2, 0) is 12.8 Å². The van der Waals surface area contributed by atoms with Crippen LogP contribution in [0.5, 0.6) is 11.5 Å². The number of benzene rings is 4. The van der Waals surface area contributed by atoms with E-state index in [0.29, 0.717) is 11.8 Å². The summed E-state index contributed by atoms with van der Waals surface area (Å²) in [6, 6.07) is 30.5. The topological polar surface area (TPSA) is 44.3 Å². The Kier molecular flexibility index (Phi) is 5.64. The molecule has 45 heavy (non-hydrogen) atoms. The van der Waals surface area contributed by atoms with E-state index in [1.54, 1.807) is 0 Å². The SMILES string of the molecule is CC(C)c1ccnc(-n2c3ccccc3c3ccc(Oc4ccc5c(c4)c4ncc6n4c4c(cc(C(C)C)cc54)CC6)cc32)c1. The molecule has 1 aliphatic heterocycles. The second-order valence-electron chi connectivity index (χ2n) is 13.1. The summed E-state index contributed by atoms with van der Waals surface area (Å²) in [5.41, 5.74) is 9.87. The molecule has 5 heterocycles. The van der Waals surface area contributed by atoms with Crippen molar-refractivity contribution < 1.29 is 4.74 Å². The number of rotatable bonds is 5. The lowest BCUT2D eigenvalue weighted by Crippen LogP contribution is -2.08. The molecule has 0 radical (unpaired) electrons. The number of imidazole rings is 1. The third-order valence-electron chi connectivity index (χ3n) is 9.66. The van der Waals surface area contributed by atoms with Crippen LogP contribution in [0, 0.1) is 0 Å². The number of ether oxygens (including phenoxy) is 1. The molecule has 0 aliphatic carbocycles. The van der Waals surface area contributed by atoms with Crippen molar-refractivity contribution in [3.05, 3.63) is 120 Å². The van der Waals surface area contributed by atoms with Gasteiger partial charge in [-0.3, -0.25) is 8.97 Å². The molecule has 0 saturated heterocycles. The fraction of sp³-hybridized carbons (Fsp3) is 0.200. The molecule has 0 amide bonds. The molecule has 5 nitrogen and oxygen atoms in total. The fourth-order valence-corrected chi connectivity index (χ4v) is 7.30. The van der Waals surface area contributed by atoms with Crippen molar-refractivity contribution in [1.82, 2.24) is 18.9 Å². The minimum Gasteiger partial charge on any atom is -0.457 e. The van der Waals surface area contributed by atoms with Gasteiger partial charge in [0, 0.05) is 45.7 Å². The van der Waals surface area contributed by atoms with Gasteiger partial charge in [0.15, 0.2) is 0 Å². The van der Waals surface area contributed by atoms with Gasteiger partial charge in [-0.2, -0.15) is 0 Å². The molecule has 0 spiro atoms. The van der Waals surface area contributed by atoms with Crippen molar-refractivity contribution in [3.8, 4) is 17.3 Å². The molecule has 1 aliphatic rings. The highest BCUT2D eigenvalue weighted by molar-refractivity contribution is 6.13. The van der Waals surface area contributed by atoms with Crippen molar-refractivity contribution in [1.29, 1.82) is 0 Å². The van der Waals surface area contributed by atoms with Crippen molar-refractivity contribution in [3.63, 3.8) is 0 Å². The first-order valence-corrected chi connectivity index (χ1v) is 16.0. The van der Waals surface area contributed by atoms with Crippen molar-refractivity contribution in [2.75, 3.05) is 0 Å². The minimum absolute atomic E-state index is 0.416. The summed E-state index contributed by atoms with van der Waals surface area (Å²) in [5.74, 6) is 3.39. The van der Waals surface area contributed by atoms with Gasteiger partial charge in [-0.05, 0) is 101 Å². The highest BCUT2D eigenvalue weighted by Crippen LogP contribution is 2.40. The van der Waals surface area contributed by atoms with E-state index in [-0.39, 0.29) is 0 Å². The molecule has 5 heteroatoms. The highest BCUT2D eigenvalue weighted by Gasteiger charge is 2.22. The van der Waals surface area contributed by atoms with Crippen LogP contribution < -0.4 is 4.74 Å². The van der Waals surface area contributed by atoms with E-state index in [1.807, 2.05) is 6.20 Å². The first-order chi connectivity index (χ1) is 21.9. The van der Waals surface area contributed by atoms with Gasteiger partial charge in [-0.15, -0.1) is 0 Å². The molecule has 220 valence electrons. The van der Waals surface area contributed by atoms with Crippen molar-refractivity contribution in [2.45, 2.75) is 52.4 Å². The smallest absolute Gasteiger partial charge is 0.145 e. The Hall–Kier alpha value is -5.16. The summed E-state index contributed by atoms with van der Waals surface area (Å²) in [6.45, 7) is 8.99. The predicted molar refractivity (Wildman–Crippen MR) is 184 cm³/mol. The molecule has 9 rings (SSSR count). The average Bonchev–Trinajstić information content (AvgIpc) is 3.64. The first-order valence-electron chi connectivity index (χ1n) is 16.0. The number of nitrogens with zero attached hydrogens (tertiary/aromatic N) is 4. The summed E-state index contributed by atoms with van der Waals surface area (Å²) >= 11 is 0. The second-order valence-corrected chi connectivity index (χ2v) is 13.1. The van der Waals surface area contributed by atoms with Crippen LogP contribution in [0.15, 0.2) is 97.3 Å². The van der Waals surface area contributed by atoms with Gasteiger partial charge >= 0.3 is 0 Å². The molecular weight excluding hydrogens is 552 g/mol. The average molecular weight is 587 g/mol. The van der Waals surface area contributed by atoms with Gasteiger partial charge in [-0.25, -0.2) is 9.97 Å². The Bertz CT molecular complexity index is 2480. The number of fused-ring (bicyclic) bond motifs is 6. The summed E-state index contributed by atoms with van der Waals surface area (Å²) in [7, 11) is 0. The Balaban J connectivity index is 1.21. The third kappa shape index (κ3) is 3.93. The molecule has 0 atom stereocenters. The van der Waals surface area contributed by atoms with Crippen LogP contribution in [0.1, 0.15) is 61.9 Å². The maximum Gasteiger partial charge on any atom is 0.145 e. The van der Waals surface area contributed by atoms with E-state index in [2.05, 4.69) is 128 Å². The maximum atomic E-state index is 6.64. The normalized spacial score (nSPS) is 13.1. The van der Waals surface area contributed by atoms with Crippen LogP contribution in [-0.4, -0.2) is 18.9 Å². The first kappa shape index (κ1) is 26.3. The van der Waals surface area contributed by atoms with Crippen LogP contribution in [0.4, 0.5) is 0 Å². The Morgan fingerprint density at radius 2 is 1.42 bits per heavy atom. The van der Waals surface area contributed by atoms with E-state index in [4.69, 9.17) is 14.7 Å². The second kappa shape index (κ2) is 9.67. The van der Waals surface area contributed by atoms with E-state index >= 15 is 0 Å². The summed E-state index contributed by atoms with van der Waals surface area (Å²) in [6.07, 6.45) is 6.03.